The van der Waals surface area contributed by atoms with Crippen molar-refractivity contribution in [2.75, 3.05) is 6.61 Å². The van der Waals surface area contributed by atoms with E-state index in [0.717, 1.165) is 18.8 Å². The highest BCUT2D eigenvalue weighted by atomic mass is 19.1. The van der Waals surface area contributed by atoms with Crippen LogP contribution in [0.15, 0.2) is 24.3 Å². The summed E-state index contributed by atoms with van der Waals surface area (Å²) in [4.78, 5) is 0. The normalized spacial score (nSPS) is 12.5. The first-order valence-electron chi connectivity index (χ1n) is 5.61. The fourth-order valence-corrected chi connectivity index (χ4v) is 1.38. The van der Waals surface area contributed by atoms with Crippen molar-refractivity contribution in [1.82, 2.24) is 0 Å². The first-order chi connectivity index (χ1) is 7.24. The summed E-state index contributed by atoms with van der Waals surface area (Å²) in [7, 11) is 0. The maximum atomic E-state index is 13.1. The Balaban J connectivity index is 2.23. The molecular formula is C13H19FO. The zero-order valence-electron chi connectivity index (χ0n) is 9.50. The van der Waals surface area contributed by atoms with Gasteiger partial charge in [0.1, 0.15) is 0 Å². The first-order valence-corrected chi connectivity index (χ1v) is 5.61. The molecule has 1 nitrogen and oxygen atoms in total. The zero-order chi connectivity index (χ0) is 11.1. The van der Waals surface area contributed by atoms with Crippen LogP contribution in [0.5, 0.6) is 5.75 Å². The molecule has 0 N–H and O–H groups in total. The number of benzene rings is 1. The largest absolute Gasteiger partial charge is 0.491 e. The van der Waals surface area contributed by atoms with Crippen LogP contribution in [0.25, 0.3) is 0 Å². The summed E-state index contributed by atoms with van der Waals surface area (Å²) in [5, 5.41) is 0. The van der Waals surface area contributed by atoms with Crippen molar-refractivity contribution in [2.45, 2.75) is 33.1 Å². The molecule has 0 amide bonds. The van der Waals surface area contributed by atoms with Crippen molar-refractivity contribution in [3.8, 4) is 5.75 Å². The van der Waals surface area contributed by atoms with E-state index < -0.39 is 0 Å². The van der Waals surface area contributed by atoms with Gasteiger partial charge in [0, 0.05) is 0 Å². The van der Waals surface area contributed by atoms with E-state index in [2.05, 4.69) is 13.8 Å². The van der Waals surface area contributed by atoms with Crippen LogP contribution in [0.1, 0.15) is 33.1 Å². The summed E-state index contributed by atoms with van der Waals surface area (Å²) < 4.78 is 18.5. The molecule has 0 aliphatic rings. The van der Waals surface area contributed by atoms with Crippen LogP contribution in [0.3, 0.4) is 0 Å². The zero-order valence-corrected chi connectivity index (χ0v) is 9.50. The monoisotopic (exact) mass is 210 g/mol. The molecule has 0 radical (unpaired) electrons. The molecule has 1 aromatic rings. The van der Waals surface area contributed by atoms with Gasteiger partial charge in [0.2, 0.25) is 0 Å². The smallest absolute Gasteiger partial charge is 0.165 e. The molecule has 15 heavy (non-hydrogen) atoms. The molecule has 1 aromatic carbocycles. The molecule has 0 fully saturated rings. The Kier molecular flexibility index (Phi) is 5.16. The van der Waals surface area contributed by atoms with Crippen molar-refractivity contribution in [3.05, 3.63) is 30.1 Å². The van der Waals surface area contributed by atoms with E-state index in [1.54, 1.807) is 18.2 Å². The minimum Gasteiger partial charge on any atom is -0.491 e. The molecule has 0 spiro atoms. The van der Waals surface area contributed by atoms with Crippen LogP contribution < -0.4 is 4.74 Å². The van der Waals surface area contributed by atoms with Crippen molar-refractivity contribution < 1.29 is 9.13 Å². The Hall–Kier alpha value is -1.05. The van der Waals surface area contributed by atoms with Gasteiger partial charge in [0.25, 0.3) is 0 Å². The molecule has 0 heterocycles. The lowest BCUT2D eigenvalue weighted by Crippen LogP contribution is -2.01. The highest BCUT2D eigenvalue weighted by molar-refractivity contribution is 5.23. The predicted octanol–water partition coefficient (Wildman–Crippen LogP) is 4.03. The van der Waals surface area contributed by atoms with E-state index >= 15 is 0 Å². The van der Waals surface area contributed by atoms with Gasteiger partial charge in [0.15, 0.2) is 11.6 Å². The number of rotatable bonds is 6. The third-order valence-corrected chi connectivity index (χ3v) is 2.63. The van der Waals surface area contributed by atoms with Gasteiger partial charge in [0.05, 0.1) is 6.61 Å². The Morgan fingerprint density at radius 1 is 1.33 bits per heavy atom. The van der Waals surface area contributed by atoms with Gasteiger partial charge in [-0.25, -0.2) is 4.39 Å². The molecule has 0 aliphatic heterocycles. The maximum Gasteiger partial charge on any atom is 0.165 e. The number of para-hydroxylation sites is 1. The van der Waals surface area contributed by atoms with E-state index in [-0.39, 0.29) is 5.82 Å². The van der Waals surface area contributed by atoms with Crippen LogP contribution in [0.4, 0.5) is 4.39 Å². The van der Waals surface area contributed by atoms with E-state index in [9.17, 15) is 4.39 Å². The van der Waals surface area contributed by atoms with Crippen LogP contribution in [-0.4, -0.2) is 6.61 Å². The van der Waals surface area contributed by atoms with Gasteiger partial charge in [-0.05, 0) is 30.9 Å². The second kappa shape index (κ2) is 6.44. The lowest BCUT2D eigenvalue weighted by atomic mass is 10.0. The van der Waals surface area contributed by atoms with Crippen LogP contribution in [-0.2, 0) is 0 Å². The molecule has 84 valence electrons. The minimum atomic E-state index is -0.277. The summed E-state index contributed by atoms with van der Waals surface area (Å²) in [5.74, 6) is 0.817. The molecule has 1 rings (SSSR count). The standard InChI is InChI=1S/C13H19FO/c1-3-11(2)7-6-10-15-13-9-5-4-8-12(13)14/h4-5,8-9,11H,3,6-7,10H2,1-2H3. The molecule has 0 bridgehead atoms. The topological polar surface area (TPSA) is 9.23 Å². The molecule has 0 aliphatic carbocycles. The molecule has 0 saturated carbocycles. The third kappa shape index (κ3) is 4.32. The van der Waals surface area contributed by atoms with E-state index in [1.807, 2.05) is 0 Å². The fourth-order valence-electron chi connectivity index (χ4n) is 1.38. The number of hydrogen-bond acceptors (Lipinski definition) is 1. The highest BCUT2D eigenvalue weighted by Gasteiger charge is 2.02. The molecule has 0 saturated heterocycles. The van der Waals surface area contributed by atoms with E-state index in [1.165, 1.54) is 12.5 Å². The number of ether oxygens (including phenoxy) is 1. The Morgan fingerprint density at radius 3 is 2.73 bits per heavy atom. The maximum absolute atomic E-state index is 13.1. The SMILES string of the molecule is CCC(C)CCCOc1ccccc1F. The van der Waals surface area contributed by atoms with Crippen LogP contribution >= 0.6 is 0 Å². The second-order valence-electron chi connectivity index (χ2n) is 3.93. The van der Waals surface area contributed by atoms with E-state index in [4.69, 9.17) is 4.74 Å². The number of halogens is 1. The molecule has 1 atom stereocenters. The van der Waals surface area contributed by atoms with Crippen molar-refractivity contribution in [1.29, 1.82) is 0 Å². The van der Waals surface area contributed by atoms with Crippen LogP contribution in [0.2, 0.25) is 0 Å². The van der Waals surface area contributed by atoms with Gasteiger partial charge >= 0.3 is 0 Å². The predicted molar refractivity (Wildman–Crippen MR) is 60.6 cm³/mol. The van der Waals surface area contributed by atoms with Crippen molar-refractivity contribution in [2.24, 2.45) is 5.92 Å². The minimum absolute atomic E-state index is 0.277. The second-order valence-corrected chi connectivity index (χ2v) is 3.93. The third-order valence-electron chi connectivity index (χ3n) is 2.63. The fraction of sp³-hybridized carbons (Fsp3) is 0.538. The molecular weight excluding hydrogens is 191 g/mol. The average molecular weight is 210 g/mol. The van der Waals surface area contributed by atoms with Gasteiger partial charge in [-0.2, -0.15) is 0 Å². The van der Waals surface area contributed by atoms with Crippen LogP contribution in [0, 0.1) is 11.7 Å². The Morgan fingerprint density at radius 2 is 2.07 bits per heavy atom. The molecule has 0 aromatic heterocycles. The summed E-state index contributed by atoms with van der Waals surface area (Å²) in [6.45, 7) is 5.01. The lowest BCUT2D eigenvalue weighted by Gasteiger charge is -2.09. The van der Waals surface area contributed by atoms with E-state index in [0.29, 0.717) is 12.4 Å². The quantitative estimate of drug-likeness (QED) is 0.644. The highest BCUT2D eigenvalue weighted by Crippen LogP contribution is 2.16. The molecule has 1 unspecified atom stereocenters. The first kappa shape index (κ1) is 12.0. The summed E-state index contributed by atoms with van der Waals surface area (Å²) in [6.07, 6.45) is 3.33. The Labute approximate surface area is 91.3 Å². The summed E-state index contributed by atoms with van der Waals surface area (Å²) in [5.41, 5.74) is 0. The van der Waals surface area contributed by atoms with Gasteiger partial charge < -0.3 is 4.74 Å². The number of hydrogen-bond donors (Lipinski definition) is 0. The van der Waals surface area contributed by atoms with Crippen molar-refractivity contribution >= 4 is 0 Å². The average Bonchev–Trinajstić information content (AvgIpc) is 2.26. The van der Waals surface area contributed by atoms with Gasteiger partial charge in [-0.3, -0.25) is 0 Å². The lowest BCUT2D eigenvalue weighted by molar-refractivity contribution is 0.281. The molecule has 2 heteroatoms. The van der Waals surface area contributed by atoms with Gasteiger partial charge in [-0.1, -0.05) is 32.4 Å². The summed E-state index contributed by atoms with van der Waals surface area (Å²) in [6, 6.07) is 6.54. The summed E-state index contributed by atoms with van der Waals surface area (Å²) >= 11 is 0. The van der Waals surface area contributed by atoms with Gasteiger partial charge in [-0.15, -0.1) is 0 Å². The Bertz CT molecular complexity index is 286. The van der Waals surface area contributed by atoms with Crippen molar-refractivity contribution in [3.63, 3.8) is 0 Å².